The van der Waals surface area contributed by atoms with Crippen molar-refractivity contribution in [1.29, 1.82) is 0 Å². The van der Waals surface area contributed by atoms with Gasteiger partial charge in [0.25, 0.3) is 0 Å². The van der Waals surface area contributed by atoms with Gasteiger partial charge in [-0.3, -0.25) is 4.79 Å². The van der Waals surface area contributed by atoms with Crippen LogP contribution in [0.25, 0.3) is 0 Å². The summed E-state index contributed by atoms with van der Waals surface area (Å²) in [5.41, 5.74) is 0.937. The molecule has 1 fully saturated rings. The molecular weight excluding hydrogens is 214 g/mol. The molecule has 1 aliphatic rings. The van der Waals surface area contributed by atoms with Crippen LogP contribution in [0.4, 0.5) is 0 Å². The van der Waals surface area contributed by atoms with Crippen molar-refractivity contribution in [3.05, 3.63) is 35.9 Å². The molecule has 0 aromatic heterocycles. The van der Waals surface area contributed by atoms with E-state index in [0.717, 1.165) is 37.9 Å². The van der Waals surface area contributed by atoms with Gasteiger partial charge >= 0.3 is 5.97 Å². The second-order valence-electron chi connectivity index (χ2n) is 4.67. The quantitative estimate of drug-likeness (QED) is 0.841. The van der Waals surface area contributed by atoms with E-state index in [1.807, 2.05) is 30.3 Å². The lowest BCUT2D eigenvalue weighted by Crippen LogP contribution is -2.23. The molecule has 1 heterocycles. The Kier molecular flexibility index (Phi) is 4.15. The van der Waals surface area contributed by atoms with E-state index in [1.165, 1.54) is 0 Å². The van der Waals surface area contributed by atoms with Crippen molar-refractivity contribution in [3.63, 3.8) is 0 Å². The van der Waals surface area contributed by atoms with Gasteiger partial charge in [-0.2, -0.15) is 0 Å². The zero-order valence-corrected chi connectivity index (χ0v) is 9.93. The molecule has 1 aromatic carbocycles. The predicted octanol–water partition coefficient (Wildman–Crippen LogP) is 2.24. The van der Waals surface area contributed by atoms with Gasteiger partial charge in [0.1, 0.15) is 0 Å². The normalized spacial score (nSPS) is 22.7. The van der Waals surface area contributed by atoms with E-state index in [2.05, 4.69) is 5.32 Å². The second kappa shape index (κ2) is 5.82. The van der Waals surface area contributed by atoms with Crippen LogP contribution in [0.5, 0.6) is 0 Å². The minimum Gasteiger partial charge on any atom is -0.481 e. The summed E-state index contributed by atoms with van der Waals surface area (Å²) in [6.07, 6.45) is 3.02. The monoisotopic (exact) mass is 233 g/mol. The zero-order chi connectivity index (χ0) is 12.1. The Labute approximate surface area is 102 Å². The van der Waals surface area contributed by atoms with Crippen molar-refractivity contribution in [1.82, 2.24) is 5.32 Å². The lowest BCUT2D eigenvalue weighted by Gasteiger charge is -2.22. The number of hydrogen-bond donors (Lipinski definition) is 2. The Morgan fingerprint density at radius 2 is 2.00 bits per heavy atom. The summed E-state index contributed by atoms with van der Waals surface area (Å²) in [6.45, 7) is 1.94. The Hall–Kier alpha value is -1.35. The molecule has 2 unspecified atom stereocenters. The van der Waals surface area contributed by atoms with Gasteiger partial charge in [0.2, 0.25) is 0 Å². The molecule has 2 rings (SSSR count). The Morgan fingerprint density at radius 1 is 1.24 bits per heavy atom. The van der Waals surface area contributed by atoms with Crippen LogP contribution in [0.3, 0.4) is 0 Å². The first-order valence-corrected chi connectivity index (χ1v) is 6.27. The molecule has 2 N–H and O–H groups in total. The molecule has 3 nitrogen and oxygen atoms in total. The summed E-state index contributed by atoms with van der Waals surface area (Å²) in [4.78, 5) is 11.5. The van der Waals surface area contributed by atoms with Crippen LogP contribution in [-0.2, 0) is 4.79 Å². The molecule has 0 aliphatic carbocycles. The van der Waals surface area contributed by atoms with Gasteiger partial charge in [-0.15, -0.1) is 0 Å². The summed E-state index contributed by atoms with van der Waals surface area (Å²) in [5.74, 6) is -0.788. The number of carboxylic acids is 1. The minimum absolute atomic E-state index is 0.255. The molecule has 0 spiro atoms. The van der Waals surface area contributed by atoms with Gasteiger partial charge in [-0.1, -0.05) is 30.3 Å². The Balaban J connectivity index is 2.19. The summed E-state index contributed by atoms with van der Waals surface area (Å²) in [7, 11) is 0. The number of nitrogens with one attached hydrogen (secondary N) is 1. The Bertz CT molecular complexity index is 356. The maximum Gasteiger partial charge on any atom is 0.311 e. The van der Waals surface area contributed by atoms with Gasteiger partial charge in [0, 0.05) is 0 Å². The summed E-state index contributed by atoms with van der Waals surface area (Å²) in [6, 6.07) is 9.62. The lowest BCUT2D eigenvalue weighted by molar-refractivity contribution is -0.140. The third-order valence-corrected chi connectivity index (χ3v) is 3.52. The molecule has 3 heteroatoms. The van der Waals surface area contributed by atoms with E-state index < -0.39 is 5.97 Å². The highest BCUT2D eigenvalue weighted by Crippen LogP contribution is 2.31. The fourth-order valence-electron chi connectivity index (χ4n) is 2.66. The molecular formula is C14H19NO2. The first-order chi connectivity index (χ1) is 8.29. The SMILES string of the molecule is O=C(O)C(c1ccccc1)C1CCCNCC1. The lowest BCUT2D eigenvalue weighted by atomic mass is 9.81. The first kappa shape index (κ1) is 12.1. The molecule has 1 aromatic rings. The van der Waals surface area contributed by atoms with E-state index in [9.17, 15) is 9.90 Å². The Morgan fingerprint density at radius 3 is 2.71 bits per heavy atom. The maximum absolute atomic E-state index is 11.5. The van der Waals surface area contributed by atoms with Gasteiger partial charge in [-0.05, 0) is 43.8 Å². The van der Waals surface area contributed by atoms with E-state index >= 15 is 0 Å². The van der Waals surface area contributed by atoms with Crippen LogP contribution in [-0.4, -0.2) is 24.2 Å². The highest BCUT2D eigenvalue weighted by molar-refractivity contribution is 5.76. The smallest absolute Gasteiger partial charge is 0.311 e. The standard InChI is InChI=1S/C14H19NO2/c16-14(17)13(11-5-2-1-3-6-11)12-7-4-9-15-10-8-12/h1-3,5-6,12-13,15H,4,7-10H2,(H,16,17). The number of hydrogen-bond acceptors (Lipinski definition) is 2. The zero-order valence-electron chi connectivity index (χ0n) is 9.93. The number of rotatable bonds is 3. The predicted molar refractivity (Wildman–Crippen MR) is 67.0 cm³/mol. The van der Waals surface area contributed by atoms with Crippen molar-refractivity contribution in [2.24, 2.45) is 5.92 Å². The van der Waals surface area contributed by atoms with Crippen molar-refractivity contribution < 1.29 is 9.90 Å². The number of benzene rings is 1. The van der Waals surface area contributed by atoms with Gasteiger partial charge in [0.15, 0.2) is 0 Å². The third-order valence-electron chi connectivity index (χ3n) is 3.52. The van der Waals surface area contributed by atoms with Crippen LogP contribution < -0.4 is 5.32 Å². The van der Waals surface area contributed by atoms with Gasteiger partial charge < -0.3 is 10.4 Å². The van der Waals surface area contributed by atoms with Crippen LogP contribution in [0.2, 0.25) is 0 Å². The summed E-state index contributed by atoms with van der Waals surface area (Å²) >= 11 is 0. The van der Waals surface area contributed by atoms with Crippen molar-refractivity contribution in [2.75, 3.05) is 13.1 Å². The number of carbonyl (C=O) groups is 1. The molecule has 17 heavy (non-hydrogen) atoms. The van der Waals surface area contributed by atoms with Gasteiger partial charge in [0.05, 0.1) is 5.92 Å². The fourth-order valence-corrected chi connectivity index (χ4v) is 2.66. The van der Waals surface area contributed by atoms with Crippen LogP contribution in [0.15, 0.2) is 30.3 Å². The van der Waals surface area contributed by atoms with E-state index in [0.29, 0.717) is 0 Å². The summed E-state index contributed by atoms with van der Waals surface area (Å²) in [5, 5.41) is 12.8. The fraction of sp³-hybridized carbons (Fsp3) is 0.500. The van der Waals surface area contributed by atoms with E-state index in [4.69, 9.17) is 0 Å². The van der Waals surface area contributed by atoms with Crippen molar-refractivity contribution >= 4 is 5.97 Å². The first-order valence-electron chi connectivity index (χ1n) is 6.27. The highest BCUT2D eigenvalue weighted by atomic mass is 16.4. The number of carboxylic acid groups (broad SMARTS) is 1. The van der Waals surface area contributed by atoms with Crippen LogP contribution in [0.1, 0.15) is 30.7 Å². The van der Waals surface area contributed by atoms with Crippen molar-refractivity contribution in [3.8, 4) is 0 Å². The largest absolute Gasteiger partial charge is 0.481 e. The van der Waals surface area contributed by atoms with E-state index in [1.54, 1.807) is 0 Å². The van der Waals surface area contributed by atoms with Gasteiger partial charge in [-0.25, -0.2) is 0 Å². The second-order valence-corrected chi connectivity index (χ2v) is 4.67. The molecule has 1 aliphatic heterocycles. The molecule has 0 saturated carbocycles. The molecule has 0 bridgehead atoms. The van der Waals surface area contributed by atoms with Crippen molar-refractivity contribution in [2.45, 2.75) is 25.2 Å². The molecule has 2 atom stereocenters. The maximum atomic E-state index is 11.5. The summed E-state index contributed by atoms with van der Waals surface area (Å²) < 4.78 is 0. The van der Waals surface area contributed by atoms with Crippen LogP contribution >= 0.6 is 0 Å². The highest BCUT2D eigenvalue weighted by Gasteiger charge is 2.29. The molecule has 0 radical (unpaired) electrons. The third kappa shape index (κ3) is 3.07. The minimum atomic E-state index is -0.692. The number of aliphatic carboxylic acids is 1. The topological polar surface area (TPSA) is 49.3 Å². The molecule has 1 saturated heterocycles. The molecule has 0 amide bonds. The average molecular weight is 233 g/mol. The molecule has 92 valence electrons. The average Bonchev–Trinajstić information content (AvgIpc) is 2.59. The van der Waals surface area contributed by atoms with E-state index in [-0.39, 0.29) is 11.8 Å². The van der Waals surface area contributed by atoms with Crippen LogP contribution in [0, 0.1) is 5.92 Å².